The number of carbonyl (C=O) groups is 2. The summed E-state index contributed by atoms with van der Waals surface area (Å²) in [7, 11) is -4.17. The maximum absolute atomic E-state index is 11.9. The number of hydrogen-bond donors (Lipinski definition) is 2. The van der Waals surface area contributed by atoms with E-state index in [1.54, 1.807) is 26.3 Å². The number of carbonyl (C=O) groups excluding carboxylic acids is 2. The zero-order chi connectivity index (χ0) is 18.0. The van der Waals surface area contributed by atoms with Crippen molar-refractivity contribution in [1.82, 2.24) is 5.48 Å². The lowest BCUT2D eigenvalue weighted by molar-refractivity contribution is -0.00130. The summed E-state index contributed by atoms with van der Waals surface area (Å²) in [4.78, 5) is 27.2. The van der Waals surface area contributed by atoms with E-state index < -0.39 is 32.6 Å². The molecule has 0 aliphatic carbocycles. The molecule has 0 bridgehead atoms. The van der Waals surface area contributed by atoms with Gasteiger partial charge in [0, 0.05) is 0 Å². The second-order valence-electron chi connectivity index (χ2n) is 5.30. The number of benzene rings is 1. The molecule has 128 valence electrons. The van der Waals surface area contributed by atoms with Crippen molar-refractivity contribution in [3.63, 3.8) is 0 Å². The van der Waals surface area contributed by atoms with Crippen molar-refractivity contribution in [2.75, 3.05) is 0 Å². The standard InChI is InChI=1S/C12H14Cl2N2O6S/c1-12(2,3)21-11(18)16-22-10(17)6-4-9(23(15,19)20)8(14)5-7(6)13/h4-5H,1-3H3,(H,16,18)(H2,15,19,20). The molecule has 0 heterocycles. The zero-order valence-electron chi connectivity index (χ0n) is 12.3. The van der Waals surface area contributed by atoms with E-state index >= 15 is 0 Å². The van der Waals surface area contributed by atoms with Gasteiger partial charge in [0.05, 0.1) is 15.6 Å². The number of rotatable bonds is 2. The van der Waals surface area contributed by atoms with Gasteiger partial charge in [-0.15, -0.1) is 5.48 Å². The third-order valence-electron chi connectivity index (χ3n) is 2.17. The maximum Gasteiger partial charge on any atom is 0.441 e. The van der Waals surface area contributed by atoms with Gasteiger partial charge in [-0.25, -0.2) is 23.1 Å². The molecule has 1 aromatic rings. The number of hydrogen-bond acceptors (Lipinski definition) is 6. The normalized spacial score (nSPS) is 11.7. The fraction of sp³-hybridized carbons (Fsp3) is 0.333. The summed E-state index contributed by atoms with van der Waals surface area (Å²) in [5, 5.41) is 4.53. The van der Waals surface area contributed by atoms with E-state index in [1.165, 1.54) is 0 Å². The van der Waals surface area contributed by atoms with Gasteiger partial charge >= 0.3 is 12.1 Å². The van der Waals surface area contributed by atoms with Crippen molar-refractivity contribution in [3.05, 3.63) is 27.7 Å². The summed E-state index contributed by atoms with van der Waals surface area (Å²) in [6.07, 6.45) is -1.01. The number of sulfonamides is 1. The van der Waals surface area contributed by atoms with E-state index in [0.29, 0.717) is 0 Å². The zero-order valence-corrected chi connectivity index (χ0v) is 14.7. The average molecular weight is 385 g/mol. The topological polar surface area (TPSA) is 125 Å². The summed E-state index contributed by atoms with van der Waals surface area (Å²) in [6, 6.07) is 1.87. The highest BCUT2D eigenvalue weighted by Gasteiger charge is 2.22. The fourth-order valence-electron chi connectivity index (χ4n) is 1.35. The number of primary sulfonamides is 1. The van der Waals surface area contributed by atoms with Gasteiger partial charge in [-0.3, -0.25) is 0 Å². The summed E-state index contributed by atoms with van der Waals surface area (Å²) < 4.78 is 27.6. The summed E-state index contributed by atoms with van der Waals surface area (Å²) in [5.41, 5.74) is 0.607. The molecule has 1 rings (SSSR count). The molecule has 11 heteroatoms. The Kier molecular flexibility index (Phi) is 5.86. The van der Waals surface area contributed by atoms with Crippen LogP contribution in [0.1, 0.15) is 31.1 Å². The van der Waals surface area contributed by atoms with Crippen molar-refractivity contribution >= 4 is 45.3 Å². The summed E-state index contributed by atoms with van der Waals surface area (Å²) >= 11 is 11.5. The smallest absolute Gasteiger partial charge is 0.441 e. The molecule has 0 aliphatic rings. The second-order valence-corrected chi connectivity index (χ2v) is 7.65. The largest absolute Gasteiger partial charge is 0.442 e. The number of halogens is 2. The molecule has 0 unspecified atom stereocenters. The van der Waals surface area contributed by atoms with Crippen LogP contribution < -0.4 is 10.6 Å². The van der Waals surface area contributed by atoms with Crippen LogP contribution >= 0.6 is 23.2 Å². The highest BCUT2D eigenvalue weighted by Crippen LogP contribution is 2.28. The van der Waals surface area contributed by atoms with Crippen LogP contribution in [-0.4, -0.2) is 26.1 Å². The van der Waals surface area contributed by atoms with Crippen LogP contribution in [0.5, 0.6) is 0 Å². The van der Waals surface area contributed by atoms with E-state index in [0.717, 1.165) is 12.1 Å². The van der Waals surface area contributed by atoms with E-state index in [1.807, 2.05) is 0 Å². The number of amides is 1. The van der Waals surface area contributed by atoms with Gasteiger partial charge in [0.25, 0.3) is 0 Å². The third-order valence-corrected chi connectivity index (χ3v) is 3.86. The molecule has 0 atom stereocenters. The van der Waals surface area contributed by atoms with Crippen LogP contribution in [0, 0.1) is 0 Å². The van der Waals surface area contributed by atoms with E-state index in [-0.39, 0.29) is 15.6 Å². The molecule has 0 saturated carbocycles. The monoisotopic (exact) mass is 384 g/mol. The Bertz CT molecular complexity index is 743. The van der Waals surface area contributed by atoms with Gasteiger partial charge in [0.1, 0.15) is 10.5 Å². The quantitative estimate of drug-likeness (QED) is 0.753. The first-order valence-corrected chi connectivity index (χ1v) is 8.33. The minimum Gasteiger partial charge on any atom is -0.442 e. The molecule has 23 heavy (non-hydrogen) atoms. The number of nitrogens with one attached hydrogen (secondary N) is 1. The molecule has 3 N–H and O–H groups in total. The highest BCUT2D eigenvalue weighted by atomic mass is 35.5. The van der Waals surface area contributed by atoms with Crippen molar-refractivity contribution in [1.29, 1.82) is 0 Å². The van der Waals surface area contributed by atoms with Crippen LogP contribution in [0.2, 0.25) is 10.0 Å². The van der Waals surface area contributed by atoms with Crippen molar-refractivity contribution < 1.29 is 27.6 Å². The van der Waals surface area contributed by atoms with Crippen LogP contribution in [0.15, 0.2) is 17.0 Å². The maximum atomic E-state index is 11.9. The summed E-state index contributed by atoms with van der Waals surface area (Å²) in [6.45, 7) is 4.84. The Balaban J connectivity index is 2.95. The summed E-state index contributed by atoms with van der Waals surface area (Å²) in [5.74, 6) is -1.12. The molecule has 0 spiro atoms. The first-order valence-electron chi connectivity index (χ1n) is 6.03. The molecule has 0 aliphatic heterocycles. The van der Waals surface area contributed by atoms with E-state index in [9.17, 15) is 18.0 Å². The average Bonchev–Trinajstić information content (AvgIpc) is 2.32. The molecular weight excluding hydrogens is 371 g/mol. The first-order chi connectivity index (χ1) is 10.3. The molecule has 1 aromatic carbocycles. The molecule has 0 fully saturated rings. The fourth-order valence-corrected chi connectivity index (χ4v) is 2.74. The lowest BCUT2D eigenvalue weighted by Crippen LogP contribution is -2.34. The van der Waals surface area contributed by atoms with Gasteiger partial charge in [-0.05, 0) is 32.9 Å². The minimum absolute atomic E-state index is 0.182. The number of ether oxygens (including phenoxy) is 1. The molecule has 0 aromatic heterocycles. The van der Waals surface area contributed by atoms with Crippen molar-refractivity contribution in [2.45, 2.75) is 31.3 Å². The Morgan fingerprint density at radius 3 is 2.22 bits per heavy atom. The highest BCUT2D eigenvalue weighted by molar-refractivity contribution is 7.89. The number of nitrogens with two attached hydrogens (primary N) is 1. The van der Waals surface area contributed by atoms with Crippen molar-refractivity contribution in [2.24, 2.45) is 5.14 Å². The van der Waals surface area contributed by atoms with Crippen LogP contribution in [0.3, 0.4) is 0 Å². The Morgan fingerprint density at radius 2 is 1.74 bits per heavy atom. The van der Waals surface area contributed by atoms with Crippen LogP contribution in [0.4, 0.5) is 4.79 Å². The Morgan fingerprint density at radius 1 is 1.17 bits per heavy atom. The van der Waals surface area contributed by atoms with Gasteiger partial charge in [0.2, 0.25) is 10.0 Å². The molecule has 1 amide bonds. The van der Waals surface area contributed by atoms with Gasteiger partial charge in [-0.2, -0.15) is 0 Å². The molecule has 0 radical (unpaired) electrons. The molecule has 8 nitrogen and oxygen atoms in total. The van der Waals surface area contributed by atoms with E-state index in [2.05, 4.69) is 4.84 Å². The molecule has 0 saturated heterocycles. The lowest BCUT2D eigenvalue weighted by atomic mass is 10.2. The lowest BCUT2D eigenvalue weighted by Gasteiger charge is -2.19. The Labute approximate surface area is 142 Å². The number of hydroxylamine groups is 1. The van der Waals surface area contributed by atoms with Crippen molar-refractivity contribution in [3.8, 4) is 0 Å². The Hall–Kier alpha value is -1.55. The predicted molar refractivity (Wildman–Crippen MR) is 82.6 cm³/mol. The van der Waals surface area contributed by atoms with E-state index in [4.69, 9.17) is 33.1 Å². The third kappa shape index (κ3) is 5.87. The molecular formula is C12H14Cl2N2O6S. The predicted octanol–water partition coefficient (Wildman–Crippen LogP) is 2.24. The van der Waals surface area contributed by atoms with Crippen LogP contribution in [-0.2, 0) is 19.6 Å². The van der Waals surface area contributed by atoms with Gasteiger partial charge in [-0.1, -0.05) is 23.2 Å². The first kappa shape index (κ1) is 19.5. The van der Waals surface area contributed by atoms with Gasteiger partial charge < -0.3 is 9.57 Å². The van der Waals surface area contributed by atoms with Gasteiger partial charge in [0.15, 0.2) is 0 Å². The second kappa shape index (κ2) is 6.91. The minimum atomic E-state index is -4.17. The SMILES string of the molecule is CC(C)(C)OC(=O)NOC(=O)c1cc(S(N)(=O)=O)c(Cl)cc1Cl. The van der Waals surface area contributed by atoms with Crippen LogP contribution in [0.25, 0.3) is 0 Å².